The second kappa shape index (κ2) is 7.81. The Bertz CT molecular complexity index is 844. The van der Waals surface area contributed by atoms with Crippen LogP contribution in [-0.4, -0.2) is 18.5 Å². The molecule has 2 aromatic rings. The predicted octanol–water partition coefficient (Wildman–Crippen LogP) is 3.35. The van der Waals surface area contributed by atoms with E-state index in [1.165, 1.54) is 0 Å². The predicted molar refractivity (Wildman–Crippen MR) is 94.4 cm³/mol. The van der Waals surface area contributed by atoms with Crippen molar-refractivity contribution in [2.24, 2.45) is 0 Å². The molecule has 2 rings (SSSR count). The second-order valence-electron chi connectivity index (χ2n) is 5.43. The van der Waals surface area contributed by atoms with Gasteiger partial charge in [0.2, 0.25) is 0 Å². The summed E-state index contributed by atoms with van der Waals surface area (Å²) in [5.74, 6) is -1.12. The Hall–Kier alpha value is -2.85. The van der Waals surface area contributed by atoms with Crippen LogP contribution in [0.1, 0.15) is 49.2 Å². The summed E-state index contributed by atoms with van der Waals surface area (Å²) in [6, 6.07) is 7.33. The molecular formula is C18H18N2O4S. The minimum Gasteiger partial charge on any atom is -0.462 e. The van der Waals surface area contributed by atoms with Crippen LogP contribution in [0.4, 0.5) is 5.00 Å². The molecule has 0 atom stereocenters. The lowest BCUT2D eigenvalue weighted by Gasteiger charge is -2.08. The van der Waals surface area contributed by atoms with Crippen molar-refractivity contribution in [1.82, 2.24) is 0 Å². The van der Waals surface area contributed by atoms with Crippen LogP contribution in [0.5, 0.6) is 0 Å². The average Bonchev–Trinajstić information content (AvgIpc) is 2.87. The van der Waals surface area contributed by atoms with Crippen molar-refractivity contribution >= 4 is 28.3 Å². The summed E-state index contributed by atoms with van der Waals surface area (Å²) in [5, 5.41) is 9.46. The number of nitrogens with two attached hydrogens (primary N) is 1. The van der Waals surface area contributed by atoms with Crippen molar-refractivity contribution in [3.8, 4) is 6.07 Å². The van der Waals surface area contributed by atoms with Gasteiger partial charge in [-0.1, -0.05) is 17.2 Å². The van der Waals surface area contributed by atoms with Gasteiger partial charge < -0.3 is 15.2 Å². The van der Waals surface area contributed by atoms with E-state index in [-0.39, 0.29) is 34.2 Å². The number of carbonyl (C=O) groups is 2. The van der Waals surface area contributed by atoms with Crippen molar-refractivity contribution < 1.29 is 19.1 Å². The highest BCUT2D eigenvalue weighted by molar-refractivity contribution is 7.18. The molecule has 0 bridgehead atoms. The fourth-order valence-electron chi connectivity index (χ4n) is 2.42. The first-order chi connectivity index (χ1) is 11.9. The standard InChI is InChI=1S/C18H18N2O4S/c1-4-23-18(22)15-14(13(8-19)16(20)25-15)9-24-17(21)12-6-10(2)5-11(3)7-12/h5-7H,4,9,20H2,1-3H3. The third-order valence-electron chi connectivity index (χ3n) is 3.41. The number of rotatable bonds is 5. The zero-order valence-corrected chi connectivity index (χ0v) is 15.0. The average molecular weight is 358 g/mol. The van der Waals surface area contributed by atoms with Crippen LogP contribution in [-0.2, 0) is 16.1 Å². The summed E-state index contributed by atoms with van der Waals surface area (Å²) in [5.41, 5.74) is 8.51. The van der Waals surface area contributed by atoms with Gasteiger partial charge in [0.25, 0.3) is 0 Å². The second-order valence-corrected chi connectivity index (χ2v) is 6.49. The van der Waals surface area contributed by atoms with Crippen LogP contribution < -0.4 is 5.73 Å². The molecule has 0 radical (unpaired) electrons. The van der Waals surface area contributed by atoms with Crippen LogP contribution in [0, 0.1) is 25.2 Å². The molecule has 0 saturated carbocycles. The SMILES string of the molecule is CCOC(=O)c1sc(N)c(C#N)c1COC(=O)c1cc(C)cc(C)c1. The van der Waals surface area contributed by atoms with Gasteiger partial charge in [-0.05, 0) is 32.9 Å². The molecule has 0 saturated heterocycles. The van der Waals surface area contributed by atoms with E-state index in [2.05, 4.69) is 0 Å². The van der Waals surface area contributed by atoms with E-state index in [9.17, 15) is 14.9 Å². The molecule has 0 aliphatic rings. The maximum Gasteiger partial charge on any atom is 0.348 e. The number of benzene rings is 1. The molecule has 0 fully saturated rings. The Morgan fingerprint density at radius 3 is 2.36 bits per heavy atom. The zero-order valence-electron chi connectivity index (χ0n) is 14.2. The van der Waals surface area contributed by atoms with Crippen molar-refractivity contribution in [2.45, 2.75) is 27.4 Å². The van der Waals surface area contributed by atoms with Crippen LogP contribution in [0.2, 0.25) is 0 Å². The first-order valence-electron chi connectivity index (χ1n) is 7.61. The molecule has 0 amide bonds. The summed E-state index contributed by atoms with van der Waals surface area (Å²) in [6.07, 6.45) is 0. The zero-order chi connectivity index (χ0) is 18.6. The Morgan fingerprint density at radius 1 is 1.16 bits per heavy atom. The van der Waals surface area contributed by atoms with Crippen LogP contribution in [0.3, 0.4) is 0 Å². The number of nitrogen functional groups attached to an aromatic ring is 1. The van der Waals surface area contributed by atoms with Crippen molar-refractivity contribution in [3.63, 3.8) is 0 Å². The molecule has 1 heterocycles. The molecule has 7 heteroatoms. The molecule has 0 aliphatic carbocycles. The number of anilines is 1. The Morgan fingerprint density at radius 2 is 1.80 bits per heavy atom. The summed E-state index contributed by atoms with van der Waals surface area (Å²) in [6.45, 7) is 5.42. The highest BCUT2D eigenvalue weighted by Crippen LogP contribution is 2.32. The first-order valence-corrected chi connectivity index (χ1v) is 8.42. The molecule has 0 spiro atoms. The molecule has 6 nitrogen and oxygen atoms in total. The van der Waals surface area contributed by atoms with Gasteiger partial charge in [0.05, 0.1) is 17.7 Å². The maximum atomic E-state index is 12.3. The van der Waals surface area contributed by atoms with Gasteiger partial charge in [-0.25, -0.2) is 9.59 Å². The number of ether oxygens (including phenoxy) is 2. The Balaban J connectivity index is 2.26. The van der Waals surface area contributed by atoms with E-state index in [0.29, 0.717) is 5.56 Å². The van der Waals surface area contributed by atoms with Gasteiger partial charge in [0, 0.05) is 5.56 Å². The van der Waals surface area contributed by atoms with E-state index in [0.717, 1.165) is 22.5 Å². The molecule has 1 aromatic carbocycles. The fraction of sp³-hybridized carbons (Fsp3) is 0.278. The normalized spacial score (nSPS) is 10.2. The number of carbonyl (C=O) groups excluding carboxylic acids is 2. The highest BCUT2D eigenvalue weighted by Gasteiger charge is 2.24. The smallest absolute Gasteiger partial charge is 0.348 e. The third-order valence-corrected chi connectivity index (χ3v) is 4.45. The van der Waals surface area contributed by atoms with Crippen molar-refractivity contribution in [3.05, 3.63) is 50.9 Å². The molecule has 130 valence electrons. The van der Waals surface area contributed by atoms with E-state index in [1.54, 1.807) is 19.1 Å². The number of nitriles is 1. The van der Waals surface area contributed by atoms with Gasteiger partial charge in [0.1, 0.15) is 22.6 Å². The van der Waals surface area contributed by atoms with Gasteiger partial charge in [-0.2, -0.15) is 5.26 Å². The van der Waals surface area contributed by atoms with Crippen molar-refractivity contribution in [2.75, 3.05) is 12.3 Å². The quantitative estimate of drug-likeness (QED) is 0.822. The number of thiophene rings is 1. The topological polar surface area (TPSA) is 102 Å². The molecule has 0 unspecified atom stereocenters. The largest absolute Gasteiger partial charge is 0.462 e. The number of aryl methyl sites for hydroxylation is 2. The van der Waals surface area contributed by atoms with Gasteiger partial charge in [-0.15, -0.1) is 11.3 Å². The van der Waals surface area contributed by atoms with Crippen molar-refractivity contribution in [1.29, 1.82) is 5.26 Å². The van der Waals surface area contributed by atoms with E-state index in [4.69, 9.17) is 15.2 Å². The lowest BCUT2D eigenvalue weighted by atomic mass is 10.1. The van der Waals surface area contributed by atoms with Crippen LogP contribution in [0.15, 0.2) is 18.2 Å². The summed E-state index contributed by atoms with van der Waals surface area (Å²) < 4.78 is 10.3. The lowest BCUT2D eigenvalue weighted by molar-refractivity contribution is 0.0452. The number of esters is 2. The summed E-state index contributed by atoms with van der Waals surface area (Å²) in [7, 11) is 0. The number of hydrogen-bond acceptors (Lipinski definition) is 7. The van der Waals surface area contributed by atoms with Crippen LogP contribution >= 0.6 is 11.3 Å². The lowest BCUT2D eigenvalue weighted by Crippen LogP contribution is -2.10. The summed E-state index contributed by atoms with van der Waals surface area (Å²) >= 11 is 0.955. The van der Waals surface area contributed by atoms with Gasteiger partial charge in [0.15, 0.2) is 0 Å². The molecule has 2 N–H and O–H groups in total. The third kappa shape index (κ3) is 4.17. The van der Waals surface area contributed by atoms with Gasteiger partial charge >= 0.3 is 11.9 Å². The van der Waals surface area contributed by atoms with E-state index < -0.39 is 11.9 Å². The van der Waals surface area contributed by atoms with E-state index >= 15 is 0 Å². The molecule has 1 aromatic heterocycles. The highest BCUT2D eigenvalue weighted by atomic mass is 32.1. The molecule has 0 aliphatic heterocycles. The fourth-order valence-corrected chi connectivity index (χ4v) is 3.34. The number of hydrogen-bond donors (Lipinski definition) is 1. The number of nitrogens with zero attached hydrogens (tertiary/aromatic N) is 1. The summed E-state index contributed by atoms with van der Waals surface area (Å²) in [4.78, 5) is 24.5. The van der Waals surface area contributed by atoms with Gasteiger partial charge in [-0.3, -0.25) is 0 Å². The minimum absolute atomic E-state index is 0.140. The molecular weight excluding hydrogens is 340 g/mol. The van der Waals surface area contributed by atoms with E-state index in [1.807, 2.05) is 26.0 Å². The monoisotopic (exact) mass is 358 g/mol. The maximum absolute atomic E-state index is 12.3. The Kier molecular flexibility index (Phi) is 5.78. The first kappa shape index (κ1) is 18.5. The minimum atomic E-state index is -0.585. The van der Waals surface area contributed by atoms with Crippen LogP contribution in [0.25, 0.3) is 0 Å². The molecule has 25 heavy (non-hydrogen) atoms. The Labute approximate surface area is 149 Å².